The molecule has 0 radical (unpaired) electrons. The summed E-state index contributed by atoms with van der Waals surface area (Å²) < 4.78 is 7.10. The van der Waals surface area contributed by atoms with Gasteiger partial charge in [-0.25, -0.2) is 0 Å². The van der Waals surface area contributed by atoms with Gasteiger partial charge in [0.25, 0.3) is 0 Å². The van der Waals surface area contributed by atoms with E-state index in [2.05, 4.69) is 15.5 Å². The van der Waals surface area contributed by atoms with E-state index >= 15 is 0 Å². The average Bonchev–Trinajstić information content (AvgIpc) is 2.82. The predicted octanol–water partition coefficient (Wildman–Crippen LogP) is 1.14. The van der Waals surface area contributed by atoms with E-state index in [1.165, 1.54) is 0 Å². The SMILES string of the molecule is Cn1cc(COc2ccc(/C(N)=N/O)cc2Cl)nn1. The van der Waals surface area contributed by atoms with Crippen LogP contribution in [0, 0.1) is 0 Å². The molecule has 1 aromatic heterocycles. The molecule has 1 heterocycles. The minimum Gasteiger partial charge on any atom is -0.486 e. The van der Waals surface area contributed by atoms with Gasteiger partial charge < -0.3 is 15.7 Å². The zero-order valence-corrected chi connectivity index (χ0v) is 10.9. The molecule has 2 rings (SSSR count). The molecule has 0 amide bonds. The lowest BCUT2D eigenvalue weighted by Gasteiger charge is -2.07. The maximum Gasteiger partial charge on any atom is 0.170 e. The summed E-state index contributed by atoms with van der Waals surface area (Å²) in [6.07, 6.45) is 1.75. The summed E-state index contributed by atoms with van der Waals surface area (Å²) >= 11 is 6.04. The predicted molar refractivity (Wildman–Crippen MR) is 69.3 cm³/mol. The van der Waals surface area contributed by atoms with Gasteiger partial charge in [0.1, 0.15) is 18.1 Å². The van der Waals surface area contributed by atoms with Crippen LogP contribution in [-0.2, 0) is 13.7 Å². The van der Waals surface area contributed by atoms with Crippen LogP contribution in [-0.4, -0.2) is 26.0 Å². The molecule has 0 aliphatic carbocycles. The van der Waals surface area contributed by atoms with Crippen molar-refractivity contribution >= 4 is 17.4 Å². The van der Waals surface area contributed by atoms with Gasteiger partial charge in [-0.05, 0) is 18.2 Å². The van der Waals surface area contributed by atoms with Crippen LogP contribution in [0.3, 0.4) is 0 Å². The highest BCUT2D eigenvalue weighted by molar-refractivity contribution is 6.32. The number of rotatable bonds is 4. The Morgan fingerprint density at radius 2 is 2.37 bits per heavy atom. The van der Waals surface area contributed by atoms with Crippen molar-refractivity contribution in [3.8, 4) is 5.75 Å². The van der Waals surface area contributed by atoms with Gasteiger partial charge in [0.2, 0.25) is 0 Å². The fourth-order valence-corrected chi connectivity index (χ4v) is 1.68. The van der Waals surface area contributed by atoms with Crippen LogP contribution in [0.25, 0.3) is 0 Å². The third kappa shape index (κ3) is 3.14. The number of ether oxygens (including phenoxy) is 1. The number of nitrogens with two attached hydrogens (primary N) is 1. The minimum atomic E-state index is -0.0117. The van der Waals surface area contributed by atoms with Gasteiger partial charge in [-0.15, -0.1) is 5.10 Å². The first-order chi connectivity index (χ1) is 9.10. The number of aryl methyl sites for hydroxylation is 1. The molecule has 19 heavy (non-hydrogen) atoms. The molecule has 0 spiro atoms. The molecule has 0 saturated carbocycles. The maximum absolute atomic E-state index is 8.57. The van der Waals surface area contributed by atoms with Crippen molar-refractivity contribution in [2.24, 2.45) is 17.9 Å². The number of aromatic nitrogens is 3. The molecule has 0 atom stereocenters. The average molecular weight is 282 g/mol. The van der Waals surface area contributed by atoms with Crippen molar-refractivity contribution in [2.75, 3.05) is 0 Å². The second kappa shape index (κ2) is 5.57. The van der Waals surface area contributed by atoms with Crippen molar-refractivity contribution < 1.29 is 9.94 Å². The Hall–Kier alpha value is -2.28. The number of amidine groups is 1. The van der Waals surface area contributed by atoms with Crippen molar-refractivity contribution in [1.29, 1.82) is 0 Å². The Labute approximate surface area is 114 Å². The summed E-state index contributed by atoms with van der Waals surface area (Å²) in [5, 5.41) is 19.5. The summed E-state index contributed by atoms with van der Waals surface area (Å²) in [6.45, 7) is 0.260. The van der Waals surface area contributed by atoms with E-state index < -0.39 is 0 Å². The van der Waals surface area contributed by atoms with Gasteiger partial charge in [-0.1, -0.05) is 22.0 Å². The van der Waals surface area contributed by atoms with Gasteiger partial charge in [0.05, 0.1) is 11.2 Å². The largest absolute Gasteiger partial charge is 0.486 e. The second-order valence-electron chi connectivity index (χ2n) is 3.80. The molecular formula is C11H12ClN5O2. The first-order valence-corrected chi connectivity index (χ1v) is 5.73. The van der Waals surface area contributed by atoms with E-state index in [1.807, 2.05) is 0 Å². The lowest BCUT2D eigenvalue weighted by atomic mass is 10.2. The van der Waals surface area contributed by atoms with E-state index in [0.29, 0.717) is 22.0 Å². The van der Waals surface area contributed by atoms with Crippen LogP contribution in [0.4, 0.5) is 0 Å². The number of benzene rings is 1. The van der Waals surface area contributed by atoms with E-state index in [0.717, 1.165) is 0 Å². The van der Waals surface area contributed by atoms with Crippen molar-refractivity contribution in [3.63, 3.8) is 0 Å². The van der Waals surface area contributed by atoms with E-state index in [1.54, 1.807) is 36.1 Å². The van der Waals surface area contributed by atoms with Crippen molar-refractivity contribution in [3.05, 3.63) is 40.7 Å². The van der Waals surface area contributed by atoms with Gasteiger partial charge in [-0.2, -0.15) is 0 Å². The Bertz CT molecular complexity index is 611. The first-order valence-electron chi connectivity index (χ1n) is 5.35. The maximum atomic E-state index is 8.57. The normalized spacial score (nSPS) is 11.6. The molecule has 3 N–H and O–H groups in total. The summed E-state index contributed by atoms with van der Waals surface area (Å²) in [5.41, 5.74) is 6.67. The zero-order valence-electron chi connectivity index (χ0n) is 10.1. The summed E-state index contributed by atoms with van der Waals surface area (Å²) in [5.74, 6) is 0.476. The van der Waals surface area contributed by atoms with Crippen LogP contribution < -0.4 is 10.5 Å². The van der Waals surface area contributed by atoms with E-state index in [4.69, 9.17) is 27.3 Å². The number of oxime groups is 1. The van der Waals surface area contributed by atoms with Crippen LogP contribution >= 0.6 is 11.6 Å². The highest BCUT2D eigenvalue weighted by atomic mass is 35.5. The van der Waals surface area contributed by atoms with Crippen molar-refractivity contribution in [1.82, 2.24) is 15.0 Å². The quantitative estimate of drug-likeness (QED) is 0.379. The molecule has 8 heteroatoms. The molecule has 1 aromatic carbocycles. The standard InChI is InChI=1S/C11H12ClN5O2/c1-17-5-8(14-16-17)6-19-10-3-2-7(4-9(10)12)11(13)15-18/h2-5,18H,6H2,1H3,(H2,13,15). The molecule has 0 bridgehead atoms. The summed E-state index contributed by atoms with van der Waals surface area (Å²) in [4.78, 5) is 0. The molecule has 0 fully saturated rings. The lowest BCUT2D eigenvalue weighted by Crippen LogP contribution is -2.12. The Morgan fingerprint density at radius 1 is 1.58 bits per heavy atom. The number of nitrogens with zero attached hydrogens (tertiary/aromatic N) is 4. The summed E-state index contributed by atoms with van der Waals surface area (Å²) in [6, 6.07) is 4.85. The minimum absolute atomic E-state index is 0.0117. The van der Waals surface area contributed by atoms with Crippen LogP contribution in [0.1, 0.15) is 11.3 Å². The molecule has 0 aliphatic rings. The molecule has 0 aliphatic heterocycles. The van der Waals surface area contributed by atoms with Gasteiger partial charge in [0, 0.05) is 12.6 Å². The van der Waals surface area contributed by atoms with Crippen molar-refractivity contribution in [2.45, 2.75) is 6.61 Å². The zero-order chi connectivity index (χ0) is 13.8. The van der Waals surface area contributed by atoms with Gasteiger partial charge in [0.15, 0.2) is 5.84 Å². The highest BCUT2D eigenvalue weighted by Gasteiger charge is 2.07. The number of halogens is 1. The lowest BCUT2D eigenvalue weighted by molar-refractivity contribution is 0.301. The van der Waals surface area contributed by atoms with Crippen LogP contribution in [0.2, 0.25) is 5.02 Å². The van der Waals surface area contributed by atoms with Gasteiger partial charge in [-0.3, -0.25) is 4.68 Å². The second-order valence-corrected chi connectivity index (χ2v) is 4.21. The third-order valence-electron chi connectivity index (χ3n) is 2.36. The topological polar surface area (TPSA) is 98.5 Å². The smallest absolute Gasteiger partial charge is 0.170 e. The van der Waals surface area contributed by atoms with E-state index in [9.17, 15) is 0 Å². The number of hydrogen-bond donors (Lipinski definition) is 2. The number of hydrogen-bond acceptors (Lipinski definition) is 5. The fraction of sp³-hybridized carbons (Fsp3) is 0.182. The highest BCUT2D eigenvalue weighted by Crippen LogP contribution is 2.26. The summed E-state index contributed by atoms with van der Waals surface area (Å²) in [7, 11) is 1.77. The monoisotopic (exact) mass is 281 g/mol. The van der Waals surface area contributed by atoms with Gasteiger partial charge >= 0.3 is 0 Å². The molecule has 0 unspecified atom stereocenters. The Kier molecular flexibility index (Phi) is 3.86. The third-order valence-corrected chi connectivity index (χ3v) is 2.66. The van der Waals surface area contributed by atoms with Crippen LogP contribution in [0.15, 0.2) is 29.6 Å². The Morgan fingerprint density at radius 3 is 2.95 bits per heavy atom. The first kappa shape index (κ1) is 13.2. The molecular weight excluding hydrogens is 270 g/mol. The molecule has 7 nitrogen and oxygen atoms in total. The molecule has 100 valence electrons. The molecule has 0 saturated heterocycles. The van der Waals surface area contributed by atoms with Crippen LogP contribution in [0.5, 0.6) is 5.75 Å². The fourth-order valence-electron chi connectivity index (χ4n) is 1.45. The van der Waals surface area contributed by atoms with E-state index in [-0.39, 0.29) is 12.4 Å². The molecule has 2 aromatic rings. The Balaban J connectivity index is 2.09.